The standard InChI is InChI=1S/C30H29N5O4/c31-30-24-6-3-5-22(23(24)10-11-32-30)19-8-9-27-25(14-19)26(33-35(27)21-16-34(17-21)12-13-36)18-39-28-7-2-1-4-20(28)15-29(37)38/h1-11,14,21,36H,12-13,15-18H2,(H2,31,32)(H,37,38). The van der Waals surface area contributed by atoms with Crippen LogP contribution in [0.5, 0.6) is 5.75 Å². The second kappa shape index (κ2) is 10.4. The molecule has 2 aromatic heterocycles. The van der Waals surface area contributed by atoms with E-state index in [1.165, 1.54) is 0 Å². The van der Waals surface area contributed by atoms with Crippen molar-refractivity contribution in [1.82, 2.24) is 19.7 Å². The second-order valence-electron chi connectivity index (χ2n) is 9.82. The molecule has 0 spiro atoms. The van der Waals surface area contributed by atoms with Crippen LogP contribution in [0.3, 0.4) is 0 Å². The maximum absolute atomic E-state index is 11.3. The van der Waals surface area contributed by atoms with Gasteiger partial charge in [0.15, 0.2) is 0 Å². The summed E-state index contributed by atoms with van der Waals surface area (Å²) < 4.78 is 8.22. The number of likely N-dealkylation sites (tertiary alicyclic amines) is 1. The molecule has 0 saturated carbocycles. The number of nitrogens with zero attached hydrogens (tertiary/aromatic N) is 4. The molecule has 1 fully saturated rings. The maximum atomic E-state index is 11.3. The van der Waals surface area contributed by atoms with Gasteiger partial charge in [-0.2, -0.15) is 5.10 Å². The van der Waals surface area contributed by atoms with E-state index in [9.17, 15) is 15.0 Å². The van der Waals surface area contributed by atoms with Gasteiger partial charge in [-0.25, -0.2) is 4.98 Å². The van der Waals surface area contributed by atoms with Crippen LogP contribution in [0.25, 0.3) is 32.8 Å². The molecule has 0 radical (unpaired) electrons. The molecule has 0 amide bonds. The lowest BCUT2D eigenvalue weighted by atomic mass is 9.97. The summed E-state index contributed by atoms with van der Waals surface area (Å²) in [5, 5.41) is 26.5. The second-order valence-corrected chi connectivity index (χ2v) is 9.82. The Morgan fingerprint density at radius 3 is 2.69 bits per heavy atom. The summed E-state index contributed by atoms with van der Waals surface area (Å²) in [6.07, 6.45) is 1.61. The third-order valence-electron chi connectivity index (χ3n) is 7.31. The van der Waals surface area contributed by atoms with Gasteiger partial charge in [0.2, 0.25) is 0 Å². The highest BCUT2D eigenvalue weighted by Crippen LogP contribution is 2.35. The fourth-order valence-corrected chi connectivity index (χ4v) is 5.36. The predicted octanol–water partition coefficient (Wildman–Crippen LogP) is 3.89. The van der Waals surface area contributed by atoms with Crippen LogP contribution in [0, 0.1) is 0 Å². The van der Waals surface area contributed by atoms with Gasteiger partial charge in [0.25, 0.3) is 0 Å². The Labute approximate surface area is 225 Å². The van der Waals surface area contributed by atoms with E-state index in [4.69, 9.17) is 15.6 Å². The SMILES string of the molecule is Nc1nccc2c(-c3ccc4c(c3)c(COc3ccccc3CC(=O)O)nn4C3CN(CCO)C3)cccc12. The van der Waals surface area contributed by atoms with Gasteiger partial charge in [0.05, 0.1) is 24.6 Å². The Kier molecular flexibility index (Phi) is 6.60. The number of aliphatic hydroxyl groups is 1. The van der Waals surface area contributed by atoms with Crippen molar-refractivity contribution in [3.8, 4) is 16.9 Å². The van der Waals surface area contributed by atoms with Crippen molar-refractivity contribution in [3.63, 3.8) is 0 Å². The number of aliphatic carboxylic acids is 1. The average molecular weight is 524 g/mol. The van der Waals surface area contributed by atoms with Crippen molar-refractivity contribution in [1.29, 1.82) is 0 Å². The molecule has 1 aliphatic rings. The molecule has 0 unspecified atom stereocenters. The Morgan fingerprint density at radius 1 is 1.03 bits per heavy atom. The fourth-order valence-electron chi connectivity index (χ4n) is 5.36. The zero-order chi connectivity index (χ0) is 26.9. The molecule has 5 aromatic rings. The molecular formula is C30H29N5O4. The van der Waals surface area contributed by atoms with Crippen LogP contribution >= 0.6 is 0 Å². The summed E-state index contributed by atoms with van der Waals surface area (Å²) in [5.41, 5.74) is 10.6. The quantitative estimate of drug-likeness (QED) is 0.266. The number of nitrogens with two attached hydrogens (primary N) is 1. The normalized spacial score (nSPS) is 14.1. The first-order valence-electron chi connectivity index (χ1n) is 12.9. The number of fused-ring (bicyclic) bond motifs is 2. The zero-order valence-corrected chi connectivity index (χ0v) is 21.3. The first-order chi connectivity index (χ1) is 19.0. The lowest BCUT2D eigenvalue weighted by Gasteiger charge is -2.39. The third-order valence-corrected chi connectivity index (χ3v) is 7.31. The van der Waals surface area contributed by atoms with E-state index < -0.39 is 5.97 Å². The van der Waals surface area contributed by atoms with Crippen molar-refractivity contribution >= 4 is 33.5 Å². The minimum absolute atomic E-state index is 0.114. The number of hydrogen-bond acceptors (Lipinski definition) is 7. The van der Waals surface area contributed by atoms with Gasteiger partial charge in [-0.05, 0) is 40.8 Å². The number of carboxylic acids is 1. The summed E-state index contributed by atoms with van der Waals surface area (Å²) in [4.78, 5) is 17.8. The number of carbonyl (C=O) groups is 1. The number of hydrogen-bond donors (Lipinski definition) is 3. The maximum Gasteiger partial charge on any atom is 0.307 e. The van der Waals surface area contributed by atoms with Gasteiger partial charge in [-0.3, -0.25) is 14.4 Å². The summed E-state index contributed by atoms with van der Waals surface area (Å²) in [6.45, 7) is 2.61. The molecule has 1 saturated heterocycles. The van der Waals surface area contributed by atoms with Crippen molar-refractivity contribution in [2.75, 3.05) is 32.0 Å². The Morgan fingerprint density at radius 2 is 1.87 bits per heavy atom. The number of aliphatic hydroxyl groups excluding tert-OH is 1. The van der Waals surface area contributed by atoms with E-state index in [1.54, 1.807) is 18.3 Å². The monoisotopic (exact) mass is 523 g/mol. The highest BCUT2D eigenvalue weighted by molar-refractivity contribution is 6.02. The van der Waals surface area contributed by atoms with Crippen molar-refractivity contribution in [2.45, 2.75) is 19.1 Å². The number of benzene rings is 3. The number of para-hydroxylation sites is 1. The molecule has 9 heteroatoms. The summed E-state index contributed by atoms with van der Waals surface area (Å²) in [6, 6.07) is 21.7. The van der Waals surface area contributed by atoms with Gasteiger partial charge in [-0.15, -0.1) is 0 Å². The van der Waals surface area contributed by atoms with Gasteiger partial charge >= 0.3 is 5.97 Å². The van der Waals surface area contributed by atoms with Gasteiger partial charge < -0.3 is 20.7 Å². The summed E-state index contributed by atoms with van der Waals surface area (Å²) in [7, 11) is 0. The van der Waals surface area contributed by atoms with E-state index in [1.807, 2.05) is 30.3 Å². The van der Waals surface area contributed by atoms with Crippen LogP contribution in [0.15, 0.2) is 72.9 Å². The Bertz CT molecular complexity index is 1680. The highest BCUT2D eigenvalue weighted by atomic mass is 16.5. The number of carboxylic acid groups (broad SMARTS) is 1. The number of rotatable bonds is 9. The molecule has 0 atom stereocenters. The van der Waals surface area contributed by atoms with E-state index >= 15 is 0 Å². The smallest absolute Gasteiger partial charge is 0.307 e. The average Bonchev–Trinajstić information content (AvgIpc) is 3.27. The predicted molar refractivity (Wildman–Crippen MR) is 150 cm³/mol. The minimum atomic E-state index is -0.909. The van der Waals surface area contributed by atoms with E-state index in [0.717, 1.165) is 51.6 Å². The number of anilines is 1. The van der Waals surface area contributed by atoms with E-state index in [2.05, 4.69) is 38.8 Å². The van der Waals surface area contributed by atoms with Crippen LogP contribution in [0.1, 0.15) is 17.3 Å². The van der Waals surface area contributed by atoms with Crippen molar-refractivity contribution in [3.05, 3.63) is 84.2 Å². The number of aromatic nitrogens is 3. The molecule has 39 heavy (non-hydrogen) atoms. The van der Waals surface area contributed by atoms with Gasteiger partial charge in [0.1, 0.15) is 23.9 Å². The lowest BCUT2D eigenvalue weighted by Crippen LogP contribution is -2.48. The molecular weight excluding hydrogens is 494 g/mol. The van der Waals surface area contributed by atoms with Gasteiger partial charge in [0, 0.05) is 42.2 Å². The molecule has 198 valence electrons. The molecule has 9 nitrogen and oxygen atoms in total. The minimum Gasteiger partial charge on any atom is -0.487 e. The summed E-state index contributed by atoms with van der Waals surface area (Å²) in [5.74, 6) is 0.122. The number of β-amino-alcohol motifs (C(OH)–C–C–N with tert-alkyl or cyclic N) is 1. The molecule has 4 N–H and O–H groups in total. The zero-order valence-electron chi connectivity index (χ0n) is 21.3. The largest absolute Gasteiger partial charge is 0.487 e. The highest BCUT2D eigenvalue weighted by Gasteiger charge is 2.30. The first-order valence-corrected chi connectivity index (χ1v) is 12.9. The van der Waals surface area contributed by atoms with Crippen LogP contribution in [0.4, 0.5) is 5.82 Å². The molecule has 0 bridgehead atoms. The van der Waals surface area contributed by atoms with Gasteiger partial charge in [-0.1, -0.05) is 42.5 Å². The van der Waals surface area contributed by atoms with Crippen LogP contribution in [-0.4, -0.2) is 62.1 Å². The fraction of sp³-hybridized carbons (Fsp3) is 0.233. The molecule has 6 rings (SSSR count). The lowest BCUT2D eigenvalue weighted by molar-refractivity contribution is -0.136. The number of nitrogen functional groups attached to an aromatic ring is 1. The molecule has 0 aliphatic carbocycles. The van der Waals surface area contributed by atoms with Crippen LogP contribution < -0.4 is 10.5 Å². The first kappa shape index (κ1) is 24.8. The van der Waals surface area contributed by atoms with E-state index in [0.29, 0.717) is 23.7 Å². The Balaban J connectivity index is 1.40. The topological polar surface area (TPSA) is 127 Å². The third kappa shape index (κ3) is 4.78. The van der Waals surface area contributed by atoms with Crippen LogP contribution in [0.2, 0.25) is 0 Å². The summed E-state index contributed by atoms with van der Waals surface area (Å²) >= 11 is 0. The Hall–Kier alpha value is -4.47. The van der Waals surface area contributed by atoms with Crippen molar-refractivity contribution in [2.24, 2.45) is 0 Å². The number of pyridine rings is 1. The molecule has 1 aliphatic heterocycles. The van der Waals surface area contributed by atoms with Crippen LogP contribution in [-0.2, 0) is 17.8 Å². The molecule has 3 aromatic carbocycles. The number of ether oxygens (including phenoxy) is 1. The molecule has 3 heterocycles. The van der Waals surface area contributed by atoms with E-state index in [-0.39, 0.29) is 25.7 Å². The van der Waals surface area contributed by atoms with Crippen molar-refractivity contribution < 1.29 is 19.7 Å².